The number of fused-ring (bicyclic) bond motifs is 8. The Morgan fingerprint density at radius 1 is 0.481 bits per heavy atom. The van der Waals surface area contributed by atoms with Gasteiger partial charge in [0.15, 0.2) is 11.6 Å². The molecular formula is C50H34N2O2. The standard InChI is InChI=1S/C25H15N.C13H9NO.C12H10O/c1-2-9-17-16(7-1)8-5-12-20(17)24-15-22-19-11-4-3-10-18(19)21-13-6-14-23(26-24)25(21)22;14-11-7-3-6-9-8-4-1-2-5-10(8)13(15)12(9)11;1-9(13)11-8-4-6-10-5-2-3-7-12(10)11/h1-15H;1-7H,14H2;2-8H,1H3. The minimum absolute atomic E-state index is 0.0405. The summed E-state index contributed by atoms with van der Waals surface area (Å²) in [7, 11) is 0. The van der Waals surface area contributed by atoms with Crippen LogP contribution in [0.4, 0.5) is 5.69 Å². The lowest BCUT2D eigenvalue weighted by atomic mass is 9.98. The Morgan fingerprint density at radius 3 is 1.72 bits per heavy atom. The zero-order valence-corrected chi connectivity index (χ0v) is 29.6. The molecule has 0 fully saturated rings. The van der Waals surface area contributed by atoms with Crippen molar-refractivity contribution in [2.45, 2.75) is 6.92 Å². The summed E-state index contributed by atoms with van der Waals surface area (Å²) in [4.78, 5) is 28.3. The fourth-order valence-corrected chi connectivity index (χ4v) is 7.89. The second-order valence-corrected chi connectivity index (χ2v) is 13.6. The van der Waals surface area contributed by atoms with E-state index in [4.69, 9.17) is 10.7 Å². The number of carbonyl (C=O) groups excluding carboxylic acids is 2. The van der Waals surface area contributed by atoms with Crippen LogP contribution in [0.25, 0.3) is 77.1 Å². The number of carbonyl (C=O) groups is 2. The number of pyridine rings is 1. The Kier molecular flexibility index (Phi) is 8.13. The van der Waals surface area contributed by atoms with Crippen molar-refractivity contribution in [3.8, 4) is 44.6 Å². The van der Waals surface area contributed by atoms with Crippen LogP contribution in [0.1, 0.15) is 33.2 Å². The minimum atomic E-state index is 0.0405. The van der Waals surface area contributed by atoms with Crippen molar-refractivity contribution in [2.24, 2.45) is 0 Å². The average Bonchev–Trinajstić information content (AvgIpc) is 3.71. The molecule has 9 aromatic rings. The number of hydrogen-bond donors (Lipinski definition) is 1. The number of rotatable bonds is 2. The number of ketones is 2. The molecule has 0 spiro atoms. The molecule has 1 heterocycles. The summed E-state index contributed by atoms with van der Waals surface area (Å²) in [6.45, 7) is 1.60. The van der Waals surface area contributed by atoms with Crippen LogP contribution in [0, 0.1) is 0 Å². The Labute approximate surface area is 313 Å². The molecule has 0 saturated carbocycles. The predicted octanol–water partition coefficient (Wildman–Crippen LogP) is 12.2. The smallest absolute Gasteiger partial charge is 0.196 e. The van der Waals surface area contributed by atoms with Gasteiger partial charge in [-0.05, 0) is 80.0 Å². The highest BCUT2D eigenvalue weighted by Crippen LogP contribution is 2.48. The molecule has 0 bridgehead atoms. The van der Waals surface area contributed by atoms with E-state index in [0.717, 1.165) is 44.2 Å². The minimum Gasteiger partial charge on any atom is -0.398 e. The van der Waals surface area contributed by atoms with Crippen LogP contribution < -0.4 is 5.73 Å². The zero-order valence-electron chi connectivity index (χ0n) is 29.6. The van der Waals surface area contributed by atoms with Gasteiger partial charge in [0, 0.05) is 27.8 Å². The summed E-state index contributed by atoms with van der Waals surface area (Å²) in [6.07, 6.45) is 0. The number of nitrogen functional groups attached to an aromatic ring is 1. The first-order valence-corrected chi connectivity index (χ1v) is 18.0. The van der Waals surface area contributed by atoms with Gasteiger partial charge in [0.25, 0.3) is 0 Å². The highest BCUT2D eigenvalue weighted by molar-refractivity contribution is 6.24. The third kappa shape index (κ3) is 5.53. The molecule has 8 aromatic carbocycles. The summed E-state index contributed by atoms with van der Waals surface area (Å²) in [5.74, 6) is 0.163. The molecule has 256 valence electrons. The number of hydrogen-bond acceptors (Lipinski definition) is 4. The van der Waals surface area contributed by atoms with E-state index in [0.29, 0.717) is 11.3 Å². The van der Waals surface area contributed by atoms with Gasteiger partial charge in [-0.15, -0.1) is 0 Å². The van der Waals surface area contributed by atoms with Crippen LogP contribution in [0.3, 0.4) is 0 Å². The Hall–Kier alpha value is -7.17. The maximum absolute atomic E-state index is 12.0. The molecular weight excluding hydrogens is 661 g/mol. The van der Waals surface area contributed by atoms with Crippen molar-refractivity contribution in [3.63, 3.8) is 0 Å². The molecule has 54 heavy (non-hydrogen) atoms. The third-order valence-electron chi connectivity index (χ3n) is 10.4. The first-order chi connectivity index (χ1) is 26.5. The second-order valence-electron chi connectivity index (χ2n) is 13.6. The fraction of sp³-hybridized carbons (Fsp3) is 0.0200. The topological polar surface area (TPSA) is 73.1 Å². The lowest BCUT2D eigenvalue weighted by Gasteiger charge is -2.09. The highest BCUT2D eigenvalue weighted by atomic mass is 16.1. The van der Waals surface area contributed by atoms with Crippen LogP contribution in [0.15, 0.2) is 176 Å². The summed E-state index contributed by atoms with van der Waals surface area (Å²) in [5.41, 5.74) is 19.0. The number of aromatic nitrogens is 1. The lowest BCUT2D eigenvalue weighted by Crippen LogP contribution is -1.99. The lowest BCUT2D eigenvalue weighted by molar-refractivity contribution is 0.101. The van der Waals surface area contributed by atoms with Gasteiger partial charge in [-0.3, -0.25) is 9.59 Å². The molecule has 0 atom stereocenters. The van der Waals surface area contributed by atoms with Crippen LogP contribution in [-0.2, 0) is 0 Å². The zero-order chi connectivity index (χ0) is 36.8. The quantitative estimate of drug-likeness (QED) is 0.144. The van der Waals surface area contributed by atoms with Crippen LogP contribution >= 0.6 is 0 Å². The molecule has 0 amide bonds. The molecule has 0 aliphatic heterocycles. The summed E-state index contributed by atoms with van der Waals surface area (Å²) >= 11 is 0. The molecule has 4 heteroatoms. The van der Waals surface area contributed by atoms with Gasteiger partial charge in [-0.2, -0.15) is 0 Å². The highest BCUT2D eigenvalue weighted by Gasteiger charge is 2.27. The molecule has 2 N–H and O–H groups in total. The molecule has 2 aliphatic rings. The van der Waals surface area contributed by atoms with Gasteiger partial charge in [-0.25, -0.2) is 4.98 Å². The van der Waals surface area contributed by atoms with E-state index in [9.17, 15) is 9.59 Å². The van der Waals surface area contributed by atoms with Gasteiger partial charge >= 0.3 is 0 Å². The number of nitrogens with zero attached hydrogens (tertiary/aromatic N) is 1. The monoisotopic (exact) mass is 694 g/mol. The number of anilines is 1. The first-order valence-electron chi connectivity index (χ1n) is 18.0. The van der Waals surface area contributed by atoms with E-state index in [-0.39, 0.29) is 11.6 Å². The molecule has 2 aliphatic carbocycles. The summed E-state index contributed by atoms with van der Waals surface area (Å²) < 4.78 is 0. The van der Waals surface area contributed by atoms with Crippen molar-refractivity contribution in [2.75, 3.05) is 5.73 Å². The van der Waals surface area contributed by atoms with Crippen molar-refractivity contribution in [1.82, 2.24) is 4.98 Å². The average molecular weight is 695 g/mol. The predicted molar refractivity (Wildman–Crippen MR) is 223 cm³/mol. The van der Waals surface area contributed by atoms with E-state index >= 15 is 0 Å². The number of benzene rings is 8. The largest absolute Gasteiger partial charge is 0.398 e. The summed E-state index contributed by atoms with van der Waals surface area (Å²) in [5, 5.41) is 5.93. The van der Waals surface area contributed by atoms with Gasteiger partial charge < -0.3 is 5.73 Å². The van der Waals surface area contributed by atoms with Crippen LogP contribution in [0.2, 0.25) is 0 Å². The van der Waals surface area contributed by atoms with Crippen molar-refractivity contribution < 1.29 is 9.59 Å². The molecule has 0 unspecified atom stereocenters. The maximum atomic E-state index is 12.0. The molecule has 1 aromatic heterocycles. The number of nitrogens with two attached hydrogens (primary N) is 1. The van der Waals surface area contributed by atoms with Gasteiger partial charge in [0.2, 0.25) is 0 Å². The van der Waals surface area contributed by atoms with E-state index in [1.165, 1.54) is 44.0 Å². The molecule has 4 nitrogen and oxygen atoms in total. The SMILES string of the molecule is CC(=O)c1cccc2ccccc12.Nc1cccc2c1C(=O)c1ccccc1-2.c1ccc2c(c1)-c1cccc3nc(-c4cccc5ccccc45)cc-2c13. The Balaban J connectivity index is 0.000000117. The second kappa shape index (κ2) is 13.4. The fourth-order valence-electron chi connectivity index (χ4n) is 7.89. The third-order valence-corrected chi connectivity index (χ3v) is 10.4. The van der Waals surface area contributed by atoms with Crippen LogP contribution in [0.5, 0.6) is 0 Å². The molecule has 0 radical (unpaired) electrons. The first kappa shape index (κ1) is 32.7. The van der Waals surface area contributed by atoms with Crippen LogP contribution in [-0.4, -0.2) is 16.6 Å². The van der Waals surface area contributed by atoms with Crippen molar-refractivity contribution >= 4 is 49.7 Å². The Bertz CT molecular complexity index is 2950. The number of Topliss-reactive ketones (excluding diaryl/α,β-unsaturated/α-hetero) is 1. The van der Waals surface area contributed by atoms with E-state index in [1.807, 2.05) is 78.9 Å². The maximum Gasteiger partial charge on any atom is 0.196 e. The van der Waals surface area contributed by atoms with E-state index < -0.39 is 0 Å². The molecule has 0 saturated heterocycles. The van der Waals surface area contributed by atoms with E-state index in [1.54, 1.807) is 13.0 Å². The normalized spacial score (nSPS) is 11.6. The van der Waals surface area contributed by atoms with Crippen molar-refractivity contribution in [3.05, 3.63) is 193 Å². The van der Waals surface area contributed by atoms with Gasteiger partial charge in [0.05, 0.1) is 16.8 Å². The van der Waals surface area contributed by atoms with E-state index in [2.05, 4.69) is 91.0 Å². The Morgan fingerprint density at radius 2 is 0.981 bits per heavy atom. The molecule has 11 rings (SSSR count). The van der Waals surface area contributed by atoms with Gasteiger partial charge in [0.1, 0.15) is 0 Å². The van der Waals surface area contributed by atoms with Gasteiger partial charge in [-0.1, -0.05) is 158 Å². The summed E-state index contributed by atoms with van der Waals surface area (Å²) in [6, 6.07) is 59.3. The van der Waals surface area contributed by atoms with Crippen molar-refractivity contribution in [1.29, 1.82) is 0 Å².